The van der Waals surface area contributed by atoms with Gasteiger partial charge in [0.05, 0.1) is 11.9 Å². The van der Waals surface area contributed by atoms with Crippen molar-refractivity contribution >= 4 is 17.4 Å². The first-order valence-electron chi connectivity index (χ1n) is 7.50. The Morgan fingerprint density at radius 1 is 1.25 bits per heavy atom. The van der Waals surface area contributed by atoms with Gasteiger partial charge in [0.15, 0.2) is 0 Å². The fourth-order valence-corrected chi connectivity index (χ4v) is 2.43. The van der Waals surface area contributed by atoms with E-state index >= 15 is 0 Å². The van der Waals surface area contributed by atoms with E-state index in [1.807, 2.05) is 12.1 Å². The highest BCUT2D eigenvalue weighted by Gasteiger charge is 2.11. The lowest BCUT2D eigenvalue weighted by Crippen LogP contribution is -2.24. The van der Waals surface area contributed by atoms with E-state index in [4.69, 9.17) is 5.73 Å². The molecule has 3 N–H and O–H groups in total. The number of carbonyl (C=O) groups is 1. The van der Waals surface area contributed by atoms with Gasteiger partial charge in [-0.15, -0.1) is 0 Å². The molecule has 0 radical (unpaired) electrons. The molecule has 1 aromatic rings. The third kappa shape index (κ3) is 4.49. The Kier molecular flexibility index (Phi) is 5.80. The average molecular weight is 276 g/mol. The Labute approximate surface area is 120 Å². The first-order valence-corrected chi connectivity index (χ1v) is 7.50. The Balaban J connectivity index is 1.90. The molecule has 20 heavy (non-hydrogen) atoms. The normalized spacial score (nSPS) is 15.8. The fourth-order valence-electron chi connectivity index (χ4n) is 2.43. The zero-order chi connectivity index (χ0) is 14.2. The highest BCUT2D eigenvalue weighted by Crippen LogP contribution is 2.18. The SMILES string of the molecule is NCCCC(=O)Nc1ccc(N2CCCCCC2)nc1. The molecule has 0 unspecified atom stereocenters. The largest absolute Gasteiger partial charge is 0.357 e. The van der Waals surface area contributed by atoms with Crippen LogP contribution in [0.3, 0.4) is 0 Å². The van der Waals surface area contributed by atoms with Crippen LogP contribution in [0.2, 0.25) is 0 Å². The summed E-state index contributed by atoms with van der Waals surface area (Å²) in [6, 6.07) is 3.91. The summed E-state index contributed by atoms with van der Waals surface area (Å²) in [6.07, 6.45) is 8.01. The van der Waals surface area contributed by atoms with E-state index in [1.165, 1.54) is 25.7 Å². The summed E-state index contributed by atoms with van der Waals surface area (Å²) < 4.78 is 0. The van der Waals surface area contributed by atoms with E-state index in [9.17, 15) is 4.79 Å². The number of pyridine rings is 1. The Morgan fingerprint density at radius 3 is 2.60 bits per heavy atom. The van der Waals surface area contributed by atoms with Crippen LogP contribution in [0.5, 0.6) is 0 Å². The number of rotatable bonds is 5. The van der Waals surface area contributed by atoms with Crippen LogP contribution in [0.25, 0.3) is 0 Å². The van der Waals surface area contributed by atoms with E-state index in [-0.39, 0.29) is 5.91 Å². The average Bonchev–Trinajstić information content (AvgIpc) is 2.75. The van der Waals surface area contributed by atoms with Crippen molar-refractivity contribution < 1.29 is 4.79 Å². The van der Waals surface area contributed by atoms with Gasteiger partial charge in [0.1, 0.15) is 5.82 Å². The summed E-state index contributed by atoms with van der Waals surface area (Å²) in [6.45, 7) is 2.70. The number of nitrogens with two attached hydrogens (primary N) is 1. The molecule has 110 valence electrons. The van der Waals surface area contributed by atoms with Crippen molar-refractivity contribution in [3.63, 3.8) is 0 Å². The highest BCUT2D eigenvalue weighted by molar-refractivity contribution is 5.90. The molecule has 1 saturated heterocycles. The molecule has 0 spiro atoms. The van der Waals surface area contributed by atoms with Gasteiger partial charge >= 0.3 is 0 Å². The lowest BCUT2D eigenvalue weighted by Gasteiger charge is -2.21. The summed E-state index contributed by atoms with van der Waals surface area (Å²) in [5, 5.41) is 2.84. The topological polar surface area (TPSA) is 71.2 Å². The van der Waals surface area contributed by atoms with Gasteiger partial charge in [-0.05, 0) is 37.9 Å². The van der Waals surface area contributed by atoms with Gasteiger partial charge in [-0.25, -0.2) is 4.98 Å². The number of nitrogens with one attached hydrogen (secondary N) is 1. The molecule has 0 atom stereocenters. The predicted molar refractivity (Wildman–Crippen MR) is 81.8 cm³/mol. The minimum atomic E-state index is -0.000211. The number of aromatic nitrogens is 1. The maximum absolute atomic E-state index is 11.6. The summed E-state index contributed by atoms with van der Waals surface area (Å²) in [4.78, 5) is 18.4. The van der Waals surface area contributed by atoms with Crippen molar-refractivity contribution in [3.05, 3.63) is 18.3 Å². The molecule has 1 fully saturated rings. The molecule has 1 aliphatic heterocycles. The summed E-state index contributed by atoms with van der Waals surface area (Å²) in [5.74, 6) is 1.01. The molecule has 5 heteroatoms. The molecule has 0 aliphatic carbocycles. The van der Waals surface area contributed by atoms with Crippen LogP contribution in [0.1, 0.15) is 38.5 Å². The van der Waals surface area contributed by atoms with Gasteiger partial charge in [-0.2, -0.15) is 0 Å². The van der Waals surface area contributed by atoms with Crippen molar-refractivity contribution in [3.8, 4) is 0 Å². The number of hydrogen-bond acceptors (Lipinski definition) is 4. The predicted octanol–water partition coefficient (Wildman–Crippen LogP) is 2.14. The Bertz CT molecular complexity index is 410. The van der Waals surface area contributed by atoms with Crippen molar-refractivity contribution in [2.45, 2.75) is 38.5 Å². The second kappa shape index (κ2) is 7.85. The number of anilines is 2. The molecule has 0 aromatic carbocycles. The van der Waals surface area contributed by atoms with E-state index in [0.717, 1.165) is 24.6 Å². The van der Waals surface area contributed by atoms with Crippen LogP contribution >= 0.6 is 0 Å². The van der Waals surface area contributed by atoms with Gasteiger partial charge in [-0.3, -0.25) is 4.79 Å². The number of nitrogens with zero attached hydrogens (tertiary/aromatic N) is 2. The lowest BCUT2D eigenvalue weighted by atomic mass is 10.2. The first-order chi connectivity index (χ1) is 9.79. The van der Waals surface area contributed by atoms with E-state index in [2.05, 4.69) is 15.2 Å². The summed E-state index contributed by atoms with van der Waals surface area (Å²) in [5.41, 5.74) is 6.14. The second-order valence-electron chi connectivity index (χ2n) is 5.25. The Hall–Kier alpha value is -1.62. The first kappa shape index (κ1) is 14.8. The van der Waals surface area contributed by atoms with Crippen LogP contribution in [0, 0.1) is 0 Å². The van der Waals surface area contributed by atoms with Crippen molar-refractivity contribution in [2.75, 3.05) is 29.9 Å². The molecule has 1 aromatic heterocycles. The van der Waals surface area contributed by atoms with Crippen molar-refractivity contribution in [2.24, 2.45) is 5.73 Å². The monoisotopic (exact) mass is 276 g/mol. The van der Waals surface area contributed by atoms with Crippen molar-refractivity contribution in [1.29, 1.82) is 0 Å². The standard InChI is InChI=1S/C15H24N4O/c16-9-5-6-15(20)18-13-7-8-14(17-12-13)19-10-3-1-2-4-11-19/h7-8,12H,1-6,9-11,16H2,(H,18,20). The summed E-state index contributed by atoms with van der Waals surface area (Å²) >= 11 is 0. The molecule has 0 bridgehead atoms. The van der Waals surface area contributed by atoms with Gasteiger partial charge in [0.25, 0.3) is 0 Å². The third-order valence-corrected chi connectivity index (χ3v) is 3.57. The van der Waals surface area contributed by atoms with Gasteiger partial charge in [-0.1, -0.05) is 12.8 Å². The quantitative estimate of drug-likeness (QED) is 0.864. The molecule has 0 saturated carbocycles. The smallest absolute Gasteiger partial charge is 0.224 e. The van der Waals surface area contributed by atoms with E-state index in [0.29, 0.717) is 19.4 Å². The number of carbonyl (C=O) groups excluding carboxylic acids is 1. The molecule has 1 amide bonds. The Morgan fingerprint density at radius 2 is 2.00 bits per heavy atom. The molecule has 2 heterocycles. The van der Waals surface area contributed by atoms with Gasteiger partial charge < -0.3 is 16.0 Å². The van der Waals surface area contributed by atoms with Crippen LogP contribution in [-0.2, 0) is 4.79 Å². The molecule has 5 nitrogen and oxygen atoms in total. The maximum atomic E-state index is 11.6. The van der Waals surface area contributed by atoms with Crippen LogP contribution in [0.15, 0.2) is 18.3 Å². The van der Waals surface area contributed by atoms with E-state index < -0.39 is 0 Å². The maximum Gasteiger partial charge on any atom is 0.224 e. The third-order valence-electron chi connectivity index (χ3n) is 3.57. The second-order valence-corrected chi connectivity index (χ2v) is 5.25. The number of amides is 1. The number of hydrogen-bond donors (Lipinski definition) is 2. The molecule has 2 rings (SSSR count). The zero-order valence-corrected chi connectivity index (χ0v) is 12.0. The van der Waals surface area contributed by atoms with Crippen LogP contribution < -0.4 is 16.0 Å². The van der Waals surface area contributed by atoms with Crippen LogP contribution in [0.4, 0.5) is 11.5 Å². The highest BCUT2D eigenvalue weighted by atomic mass is 16.1. The fraction of sp³-hybridized carbons (Fsp3) is 0.600. The van der Waals surface area contributed by atoms with Gasteiger partial charge in [0.2, 0.25) is 5.91 Å². The lowest BCUT2D eigenvalue weighted by molar-refractivity contribution is -0.116. The molecule has 1 aliphatic rings. The van der Waals surface area contributed by atoms with Crippen LogP contribution in [-0.4, -0.2) is 30.5 Å². The van der Waals surface area contributed by atoms with Crippen molar-refractivity contribution in [1.82, 2.24) is 4.98 Å². The minimum Gasteiger partial charge on any atom is -0.357 e. The minimum absolute atomic E-state index is 0.000211. The van der Waals surface area contributed by atoms with E-state index in [1.54, 1.807) is 6.20 Å². The van der Waals surface area contributed by atoms with Gasteiger partial charge in [0, 0.05) is 19.5 Å². The molecular weight excluding hydrogens is 252 g/mol. The summed E-state index contributed by atoms with van der Waals surface area (Å²) in [7, 11) is 0. The zero-order valence-electron chi connectivity index (χ0n) is 12.0. The molecular formula is C15H24N4O.